The zero-order valence-corrected chi connectivity index (χ0v) is 15.0. The molecule has 0 aromatic carbocycles. The summed E-state index contributed by atoms with van der Waals surface area (Å²) in [4.78, 5) is 10.8. The number of rotatable bonds is 13. The van der Waals surface area contributed by atoms with Crippen molar-refractivity contribution in [2.75, 3.05) is 0 Å². The summed E-state index contributed by atoms with van der Waals surface area (Å²) in [6, 6.07) is 0. The van der Waals surface area contributed by atoms with E-state index in [1.807, 2.05) is 0 Å². The number of halogens is 1. The fourth-order valence-electron chi connectivity index (χ4n) is 2.08. The van der Waals surface area contributed by atoms with Crippen LogP contribution in [0.25, 0.3) is 0 Å². The maximum Gasteiger partial charge on any atom is 0.129 e. The van der Waals surface area contributed by atoms with E-state index < -0.39 is 0 Å². The van der Waals surface area contributed by atoms with Gasteiger partial charge in [-0.3, -0.25) is 0 Å². The number of hydrogen-bond donors (Lipinski definition) is 0. The molecule has 112 valence electrons. The molecule has 0 aliphatic rings. The monoisotopic (exact) mass is 378 g/mol. The third kappa shape index (κ3) is 16.1. The lowest BCUT2D eigenvalue weighted by atomic mass is 10.1. The van der Waals surface area contributed by atoms with Crippen LogP contribution >= 0.6 is 22.6 Å². The number of ketones is 1. The van der Waals surface area contributed by atoms with E-state index in [2.05, 4.69) is 41.7 Å². The van der Waals surface area contributed by atoms with Crippen LogP contribution in [0.15, 0.2) is 12.2 Å². The highest BCUT2D eigenvalue weighted by molar-refractivity contribution is 14.1. The van der Waals surface area contributed by atoms with Gasteiger partial charge in [0, 0.05) is 10.3 Å². The Labute approximate surface area is 133 Å². The van der Waals surface area contributed by atoms with Crippen molar-refractivity contribution < 1.29 is 4.79 Å². The lowest BCUT2D eigenvalue weighted by Gasteiger charge is -2.07. The van der Waals surface area contributed by atoms with Crippen molar-refractivity contribution in [2.45, 2.75) is 88.4 Å². The van der Waals surface area contributed by atoms with E-state index >= 15 is 0 Å². The van der Waals surface area contributed by atoms with Gasteiger partial charge < -0.3 is 4.79 Å². The zero-order chi connectivity index (χ0) is 14.3. The van der Waals surface area contributed by atoms with Gasteiger partial charge >= 0.3 is 0 Å². The topological polar surface area (TPSA) is 17.1 Å². The summed E-state index contributed by atoms with van der Waals surface area (Å²) in [6.45, 7) is 3.95. The standard InChI is InChI=1S/C17H31IO/c1-3-4-14-17(18)15-12-10-8-6-5-7-9-11-13-16(2)19/h6,8,17H,3-5,7,9-15H2,1-2H3/b8-6-. The first-order valence-electron chi connectivity index (χ1n) is 7.95. The van der Waals surface area contributed by atoms with Crippen molar-refractivity contribution in [3.05, 3.63) is 12.2 Å². The lowest BCUT2D eigenvalue weighted by molar-refractivity contribution is -0.117. The summed E-state index contributed by atoms with van der Waals surface area (Å²) >= 11 is 2.60. The Kier molecular flexibility index (Phi) is 14.7. The van der Waals surface area contributed by atoms with Crippen molar-refractivity contribution >= 4 is 28.4 Å². The molecule has 1 nitrogen and oxygen atoms in total. The van der Waals surface area contributed by atoms with Crippen LogP contribution in [-0.2, 0) is 4.79 Å². The molecule has 0 heterocycles. The second kappa shape index (κ2) is 14.5. The third-order valence-corrected chi connectivity index (χ3v) is 4.57. The van der Waals surface area contributed by atoms with E-state index in [1.54, 1.807) is 6.92 Å². The van der Waals surface area contributed by atoms with Gasteiger partial charge in [0.05, 0.1) is 0 Å². The fraction of sp³-hybridized carbons (Fsp3) is 0.824. The number of unbranched alkanes of at least 4 members (excludes halogenated alkanes) is 5. The van der Waals surface area contributed by atoms with Crippen molar-refractivity contribution in [3.8, 4) is 0 Å². The van der Waals surface area contributed by atoms with Crippen molar-refractivity contribution in [2.24, 2.45) is 0 Å². The Balaban J connectivity index is 3.23. The number of allylic oxidation sites excluding steroid dienone is 2. The van der Waals surface area contributed by atoms with Gasteiger partial charge in [0.25, 0.3) is 0 Å². The summed E-state index contributed by atoms with van der Waals surface area (Å²) in [5.41, 5.74) is 0. The summed E-state index contributed by atoms with van der Waals surface area (Å²) in [5.74, 6) is 0.326. The molecule has 0 bridgehead atoms. The van der Waals surface area contributed by atoms with Gasteiger partial charge in [0.2, 0.25) is 0 Å². The molecular formula is C17H31IO. The Morgan fingerprint density at radius 1 is 1.00 bits per heavy atom. The molecule has 19 heavy (non-hydrogen) atoms. The van der Waals surface area contributed by atoms with Crippen LogP contribution in [0.4, 0.5) is 0 Å². The number of alkyl halides is 1. The minimum atomic E-state index is 0.326. The highest BCUT2D eigenvalue weighted by Crippen LogP contribution is 2.17. The molecule has 0 aliphatic heterocycles. The van der Waals surface area contributed by atoms with E-state index in [4.69, 9.17) is 0 Å². The van der Waals surface area contributed by atoms with Gasteiger partial charge in [-0.2, -0.15) is 0 Å². The van der Waals surface area contributed by atoms with Gasteiger partial charge in [-0.25, -0.2) is 0 Å². The molecule has 1 unspecified atom stereocenters. The van der Waals surface area contributed by atoms with Crippen molar-refractivity contribution in [3.63, 3.8) is 0 Å². The SMILES string of the molecule is CCCCC(I)CCC/C=C\CCCCCC(C)=O. The van der Waals surface area contributed by atoms with Gasteiger partial charge in [-0.1, -0.05) is 60.9 Å². The van der Waals surface area contributed by atoms with E-state index in [0.29, 0.717) is 5.78 Å². The molecule has 0 amide bonds. The predicted molar refractivity (Wildman–Crippen MR) is 94.1 cm³/mol. The Morgan fingerprint density at radius 2 is 1.63 bits per heavy atom. The van der Waals surface area contributed by atoms with Crippen LogP contribution in [0.2, 0.25) is 0 Å². The van der Waals surface area contributed by atoms with Crippen LogP contribution in [-0.4, -0.2) is 9.71 Å². The first kappa shape index (κ1) is 19.1. The van der Waals surface area contributed by atoms with Gasteiger partial charge in [-0.15, -0.1) is 0 Å². The quantitative estimate of drug-likeness (QED) is 0.160. The molecule has 0 aromatic rings. The highest BCUT2D eigenvalue weighted by Gasteiger charge is 2.01. The van der Waals surface area contributed by atoms with E-state index in [1.165, 1.54) is 57.8 Å². The summed E-state index contributed by atoms with van der Waals surface area (Å²) in [7, 11) is 0. The first-order chi connectivity index (χ1) is 9.16. The predicted octanol–water partition coefficient (Wildman–Crippen LogP) is 6.25. The number of carbonyl (C=O) groups is 1. The largest absolute Gasteiger partial charge is 0.300 e. The molecule has 0 rings (SSSR count). The molecule has 0 radical (unpaired) electrons. The molecule has 1 atom stereocenters. The van der Waals surface area contributed by atoms with Crippen LogP contribution in [0, 0.1) is 0 Å². The second-order valence-electron chi connectivity index (χ2n) is 5.44. The average molecular weight is 378 g/mol. The number of carbonyl (C=O) groups excluding carboxylic acids is 1. The normalized spacial score (nSPS) is 13.0. The Bertz CT molecular complexity index is 235. The Morgan fingerprint density at radius 3 is 2.26 bits per heavy atom. The average Bonchev–Trinajstić information content (AvgIpc) is 2.38. The van der Waals surface area contributed by atoms with Crippen LogP contribution < -0.4 is 0 Å². The summed E-state index contributed by atoms with van der Waals surface area (Å²) in [5, 5.41) is 0. The minimum absolute atomic E-state index is 0.326. The molecule has 0 saturated carbocycles. The van der Waals surface area contributed by atoms with Gasteiger partial charge in [-0.05, 0) is 51.9 Å². The van der Waals surface area contributed by atoms with Crippen LogP contribution in [0.1, 0.15) is 84.5 Å². The maximum absolute atomic E-state index is 10.8. The Hall–Kier alpha value is 0.140. The maximum atomic E-state index is 10.8. The van der Waals surface area contributed by atoms with Crippen molar-refractivity contribution in [1.82, 2.24) is 0 Å². The van der Waals surface area contributed by atoms with E-state index in [9.17, 15) is 4.79 Å². The van der Waals surface area contributed by atoms with Crippen LogP contribution in [0.3, 0.4) is 0 Å². The van der Waals surface area contributed by atoms with Crippen molar-refractivity contribution in [1.29, 1.82) is 0 Å². The van der Waals surface area contributed by atoms with Gasteiger partial charge in [0.15, 0.2) is 0 Å². The first-order valence-corrected chi connectivity index (χ1v) is 9.19. The van der Waals surface area contributed by atoms with E-state index in [-0.39, 0.29) is 0 Å². The molecule has 0 N–H and O–H groups in total. The smallest absolute Gasteiger partial charge is 0.129 e. The zero-order valence-electron chi connectivity index (χ0n) is 12.8. The van der Waals surface area contributed by atoms with Gasteiger partial charge in [0.1, 0.15) is 5.78 Å². The molecule has 2 heteroatoms. The lowest BCUT2D eigenvalue weighted by Crippen LogP contribution is -1.96. The fourth-order valence-corrected chi connectivity index (χ4v) is 2.96. The molecule has 0 aromatic heterocycles. The van der Waals surface area contributed by atoms with Crippen LogP contribution in [0.5, 0.6) is 0 Å². The number of hydrogen-bond acceptors (Lipinski definition) is 1. The number of Topliss-reactive ketones (excluding diaryl/α,β-unsaturated/α-hetero) is 1. The summed E-state index contributed by atoms with van der Waals surface area (Å²) in [6.07, 6.45) is 18.1. The highest BCUT2D eigenvalue weighted by atomic mass is 127. The minimum Gasteiger partial charge on any atom is -0.300 e. The molecule has 0 spiro atoms. The summed E-state index contributed by atoms with van der Waals surface area (Å²) < 4.78 is 0.873. The molecule has 0 aliphatic carbocycles. The molecular weight excluding hydrogens is 347 g/mol. The third-order valence-electron chi connectivity index (χ3n) is 3.33. The molecule has 0 saturated heterocycles. The second-order valence-corrected chi connectivity index (χ2v) is 7.20. The molecule has 0 fully saturated rings. The van der Waals surface area contributed by atoms with E-state index in [0.717, 1.165) is 16.8 Å².